The lowest BCUT2D eigenvalue weighted by molar-refractivity contribution is -0.123. The largest absolute Gasteiger partial charge is 0.484 e. The van der Waals surface area contributed by atoms with E-state index in [0.29, 0.717) is 27.4 Å². The van der Waals surface area contributed by atoms with E-state index in [1.165, 1.54) is 12.1 Å². The van der Waals surface area contributed by atoms with E-state index in [4.69, 9.17) is 16.3 Å². The monoisotopic (exact) mass is 525 g/mol. The van der Waals surface area contributed by atoms with E-state index >= 15 is 0 Å². The Balaban J connectivity index is 1.44. The molecule has 0 atom stereocenters. The van der Waals surface area contributed by atoms with Crippen LogP contribution in [-0.2, 0) is 16.1 Å². The van der Waals surface area contributed by atoms with Gasteiger partial charge in [-0.25, -0.2) is 4.39 Å². The average Bonchev–Trinajstić information content (AvgIpc) is 3.30. The van der Waals surface area contributed by atoms with E-state index in [1.54, 1.807) is 47.0 Å². The first-order chi connectivity index (χ1) is 17.5. The number of anilines is 1. The quantitative estimate of drug-likeness (QED) is 0.296. The van der Waals surface area contributed by atoms with Crippen molar-refractivity contribution in [2.75, 3.05) is 17.7 Å². The van der Waals surface area contributed by atoms with E-state index in [-0.39, 0.29) is 30.5 Å². The van der Waals surface area contributed by atoms with Gasteiger partial charge in [-0.15, -0.1) is 10.2 Å². The van der Waals surface area contributed by atoms with Crippen LogP contribution in [0.1, 0.15) is 5.82 Å². The molecule has 0 radical (unpaired) electrons. The van der Waals surface area contributed by atoms with Crippen LogP contribution in [0.2, 0.25) is 5.02 Å². The van der Waals surface area contributed by atoms with Gasteiger partial charge in [-0.1, -0.05) is 59.8 Å². The van der Waals surface area contributed by atoms with Crippen molar-refractivity contribution in [3.05, 3.63) is 95.5 Å². The van der Waals surface area contributed by atoms with Crippen LogP contribution in [0.25, 0.3) is 5.69 Å². The molecule has 4 aromatic rings. The number of rotatable bonds is 10. The molecule has 0 unspecified atom stereocenters. The Morgan fingerprint density at radius 1 is 0.972 bits per heavy atom. The summed E-state index contributed by atoms with van der Waals surface area (Å²) in [5, 5.41) is 14.6. The summed E-state index contributed by atoms with van der Waals surface area (Å²) >= 11 is 7.30. The van der Waals surface area contributed by atoms with E-state index in [1.807, 2.05) is 24.3 Å². The number of ether oxygens (including phenoxy) is 1. The van der Waals surface area contributed by atoms with E-state index < -0.39 is 11.7 Å². The summed E-state index contributed by atoms with van der Waals surface area (Å²) in [6.07, 6.45) is 0. The summed E-state index contributed by atoms with van der Waals surface area (Å²) in [4.78, 5) is 24.7. The van der Waals surface area contributed by atoms with Gasteiger partial charge < -0.3 is 15.4 Å². The topological polar surface area (TPSA) is 98.1 Å². The number of nitrogens with one attached hydrogen (secondary N) is 2. The van der Waals surface area contributed by atoms with Crippen molar-refractivity contribution in [1.29, 1.82) is 0 Å². The third kappa shape index (κ3) is 6.83. The number of hydrogen-bond donors (Lipinski definition) is 2. The van der Waals surface area contributed by atoms with Crippen LogP contribution >= 0.6 is 23.4 Å². The lowest BCUT2D eigenvalue weighted by Crippen LogP contribution is -2.29. The van der Waals surface area contributed by atoms with Crippen molar-refractivity contribution < 1.29 is 18.7 Å². The molecule has 36 heavy (non-hydrogen) atoms. The van der Waals surface area contributed by atoms with Gasteiger partial charge in [0, 0.05) is 5.02 Å². The second kappa shape index (κ2) is 12.2. The third-order valence-corrected chi connectivity index (χ3v) is 5.97. The van der Waals surface area contributed by atoms with Crippen LogP contribution in [0, 0.1) is 5.82 Å². The van der Waals surface area contributed by atoms with Crippen molar-refractivity contribution in [3.63, 3.8) is 0 Å². The highest BCUT2D eigenvalue weighted by Crippen LogP contribution is 2.24. The van der Waals surface area contributed by atoms with Gasteiger partial charge in [-0.3, -0.25) is 14.2 Å². The SMILES string of the molecule is O=C(COc1ccccc1)NCc1nnc(SCC(=O)Nc2ccccc2F)n1-c1cccc(Cl)c1. The molecule has 0 spiro atoms. The summed E-state index contributed by atoms with van der Waals surface area (Å²) in [6, 6.07) is 22.0. The second-order valence-electron chi connectivity index (χ2n) is 7.41. The maximum atomic E-state index is 13.8. The highest BCUT2D eigenvalue weighted by molar-refractivity contribution is 7.99. The molecule has 0 bridgehead atoms. The van der Waals surface area contributed by atoms with Crippen molar-refractivity contribution in [2.24, 2.45) is 0 Å². The van der Waals surface area contributed by atoms with E-state index in [2.05, 4.69) is 20.8 Å². The first-order valence-corrected chi connectivity index (χ1v) is 12.2. The Bertz CT molecular complexity index is 1350. The predicted octanol–water partition coefficient (Wildman–Crippen LogP) is 4.49. The number of benzene rings is 3. The van der Waals surface area contributed by atoms with Gasteiger partial charge in [0.25, 0.3) is 5.91 Å². The molecule has 0 aliphatic heterocycles. The molecule has 184 valence electrons. The molecule has 1 aromatic heterocycles. The Kier molecular flexibility index (Phi) is 8.53. The molecule has 8 nitrogen and oxygen atoms in total. The number of halogens is 2. The van der Waals surface area contributed by atoms with Crippen molar-refractivity contribution in [2.45, 2.75) is 11.7 Å². The summed E-state index contributed by atoms with van der Waals surface area (Å²) in [5.74, 6) is -0.280. The molecule has 0 aliphatic rings. The summed E-state index contributed by atoms with van der Waals surface area (Å²) < 4.78 is 21.0. The Morgan fingerprint density at radius 3 is 2.53 bits per heavy atom. The van der Waals surface area contributed by atoms with Crippen LogP contribution in [0.3, 0.4) is 0 Å². The van der Waals surface area contributed by atoms with Gasteiger partial charge in [0.1, 0.15) is 11.6 Å². The molecule has 3 aromatic carbocycles. The highest BCUT2D eigenvalue weighted by Gasteiger charge is 2.17. The molecule has 1 heterocycles. The molecule has 4 rings (SSSR count). The minimum Gasteiger partial charge on any atom is -0.484 e. The number of thioether (sulfide) groups is 1. The van der Waals surface area contributed by atoms with Crippen LogP contribution in [0.15, 0.2) is 84.0 Å². The zero-order valence-electron chi connectivity index (χ0n) is 18.9. The van der Waals surface area contributed by atoms with Gasteiger partial charge in [-0.2, -0.15) is 0 Å². The van der Waals surface area contributed by atoms with Gasteiger partial charge in [-0.05, 0) is 42.5 Å². The fourth-order valence-electron chi connectivity index (χ4n) is 3.16. The smallest absolute Gasteiger partial charge is 0.258 e. The number of amides is 2. The summed E-state index contributed by atoms with van der Waals surface area (Å²) in [5.41, 5.74) is 0.759. The zero-order chi connectivity index (χ0) is 25.3. The molecular formula is C25H21ClFN5O3S. The van der Waals surface area contributed by atoms with Gasteiger partial charge in [0.15, 0.2) is 17.6 Å². The van der Waals surface area contributed by atoms with E-state index in [9.17, 15) is 14.0 Å². The molecule has 0 fully saturated rings. The number of para-hydroxylation sites is 2. The Morgan fingerprint density at radius 2 is 1.75 bits per heavy atom. The molecule has 2 amide bonds. The highest BCUT2D eigenvalue weighted by atomic mass is 35.5. The lowest BCUT2D eigenvalue weighted by Gasteiger charge is -2.12. The fourth-order valence-corrected chi connectivity index (χ4v) is 4.11. The number of nitrogens with zero attached hydrogens (tertiary/aromatic N) is 3. The predicted molar refractivity (Wildman–Crippen MR) is 136 cm³/mol. The zero-order valence-corrected chi connectivity index (χ0v) is 20.4. The Hall–Kier alpha value is -3.89. The standard InChI is InChI=1S/C25H21ClFN5O3S/c26-17-7-6-8-18(13-17)32-22(14-28-23(33)15-35-19-9-2-1-3-10-19)30-31-25(32)36-16-24(34)29-21-12-5-4-11-20(21)27/h1-13H,14-16H2,(H,28,33)(H,29,34). The third-order valence-electron chi connectivity index (χ3n) is 4.80. The maximum Gasteiger partial charge on any atom is 0.258 e. The number of carbonyl (C=O) groups is 2. The van der Waals surface area contributed by atoms with Gasteiger partial charge >= 0.3 is 0 Å². The maximum absolute atomic E-state index is 13.8. The summed E-state index contributed by atoms with van der Waals surface area (Å²) in [7, 11) is 0. The van der Waals surface area contributed by atoms with Crippen LogP contribution in [0.4, 0.5) is 10.1 Å². The molecule has 11 heteroatoms. The van der Waals surface area contributed by atoms with Crippen LogP contribution < -0.4 is 15.4 Å². The van der Waals surface area contributed by atoms with E-state index in [0.717, 1.165) is 11.8 Å². The Labute approximate surface area is 215 Å². The molecule has 2 N–H and O–H groups in total. The molecule has 0 aliphatic carbocycles. The van der Waals surface area contributed by atoms with Crippen LogP contribution in [-0.4, -0.2) is 38.9 Å². The van der Waals surface area contributed by atoms with Crippen molar-refractivity contribution >= 4 is 40.9 Å². The number of aromatic nitrogens is 3. The van der Waals surface area contributed by atoms with Gasteiger partial charge in [0.05, 0.1) is 23.7 Å². The minimum absolute atomic E-state index is 0.0374. The average molecular weight is 526 g/mol. The van der Waals surface area contributed by atoms with Crippen molar-refractivity contribution in [1.82, 2.24) is 20.1 Å². The van der Waals surface area contributed by atoms with Crippen molar-refractivity contribution in [3.8, 4) is 11.4 Å². The first kappa shape index (κ1) is 25.2. The normalized spacial score (nSPS) is 10.6. The van der Waals surface area contributed by atoms with Gasteiger partial charge in [0.2, 0.25) is 5.91 Å². The molecule has 0 saturated heterocycles. The minimum atomic E-state index is -0.521. The first-order valence-electron chi connectivity index (χ1n) is 10.8. The number of hydrogen-bond acceptors (Lipinski definition) is 6. The second-order valence-corrected chi connectivity index (χ2v) is 8.79. The summed E-state index contributed by atoms with van der Waals surface area (Å²) in [6.45, 7) is -0.0916. The fraction of sp³-hybridized carbons (Fsp3) is 0.120. The molecular weight excluding hydrogens is 505 g/mol. The number of carbonyl (C=O) groups excluding carboxylic acids is 2. The molecule has 0 saturated carbocycles. The van der Waals surface area contributed by atoms with Crippen LogP contribution in [0.5, 0.6) is 5.75 Å². The lowest BCUT2D eigenvalue weighted by atomic mass is 10.3.